The maximum atomic E-state index is 13.0. The summed E-state index contributed by atoms with van der Waals surface area (Å²) in [5.41, 5.74) is 0.734. The van der Waals surface area contributed by atoms with Crippen LogP contribution in [0.25, 0.3) is 0 Å². The molecule has 0 radical (unpaired) electrons. The Bertz CT molecular complexity index is 430. The number of benzene rings is 1. The number of likely N-dealkylation sites (N-methyl/N-ethyl adjacent to an activating group) is 1. The Kier molecular flexibility index (Phi) is 4.91. The van der Waals surface area contributed by atoms with Crippen molar-refractivity contribution < 1.29 is 9.18 Å². The van der Waals surface area contributed by atoms with Crippen molar-refractivity contribution in [3.63, 3.8) is 0 Å². The van der Waals surface area contributed by atoms with Crippen molar-refractivity contribution in [1.82, 2.24) is 9.80 Å². The number of rotatable bonds is 5. The molecule has 1 saturated heterocycles. The normalized spacial score (nSPS) is 15.7. The summed E-state index contributed by atoms with van der Waals surface area (Å²) >= 11 is 0. The summed E-state index contributed by atoms with van der Waals surface area (Å²) in [7, 11) is 1.82. The average molecular weight is 264 g/mol. The van der Waals surface area contributed by atoms with Gasteiger partial charge >= 0.3 is 0 Å². The van der Waals surface area contributed by atoms with Crippen LogP contribution in [-0.4, -0.2) is 48.9 Å². The fourth-order valence-electron chi connectivity index (χ4n) is 2.38. The van der Waals surface area contributed by atoms with E-state index in [4.69, 9.17) is 0 Å². The molecule has 0 spiro atoms. The average Bonchev–Trinajstić information content (AvgIpc) is 2.89. The van der Waals surface area contributed by atoms with Crippen LogP contribution in [-0.2, 0) is 11.2 Å². The molecule has 0 N–H and O–H groups in total. The molecule has 0 aromatic heterocycles. The molecule has 19 heavy (non-hydrogen) atoms. The fraction of sp³-hybridized carbons (Fsp3) is 0.533. The molecule has 3 nitrogen and oxygen atoms in total. The molecule has 1 aromatic carbocycles. The van der Waals surface area contributed by atoms with E-state index >= 15 is 0 Å². The third-order valence-corrected chi connectivity index (χ3v) is 3.62. The van der Waals surface area contributed by atoms with Crippen LogP contribution in [0, 0.1) is 5.82 Å². The van der Waals surface area contributed by atoms with Crippen LogP contribution in [0.2, 0.25) is 0 Å². The summed E-state index contributed by atoms with van der Waals surface area (Å²) in [6, 6.07) is 6.24. The lowest BCUT2D eigenvalue weighted by atomic mass is 10.1. The standard InChI is InChI=1S/C15H21FN2O/c1-17(9-10-18-7-2-3-8-18)15(19)12-13-5-4-6-14(16)11-13/h4-6,11H,2-3,7-10,12H2,1H3. The minimum atomic E-state index is -0.287. The SMILES string of the molecule is CN(CCN1CCCC1)C(=O)Cc1cccc(F)c1. The predicted octanol–water partition coefficient (Wildman–Crippen LogP) is 1.92. The molecule has 0 unspecified atom stereocenters. The molecule has 2 rings (SSSR count). The molecule has 1 aromatic rings. The van der Waals surface area contributed by atoms with Gasteiger partial charge in [-0.15, -0.1) is 0 Å². The molecule has 1 fully saturated rings. The number of amides is 1. The first-order valence-corrected chi connectivity index (χ1v) is 6.86. The van der Waals surface area contributed by atoms with Crippen LogP contribution in [0.3, 0.4) is 0 Å². The Hall–Kier alpha value is -1.42. The Labute approximate surface area is 114 Å². The molecule has 4 heteroatoms. The Morgan fingerprint density at radius 1 is 1.37 bits per heavy atom. The van der Waals surface area contributed by atoms with E-state index in [1.54, 1.807) is 17.0 Å². The first-order chi connectivity index (χ1) is 9.15. The van der Waals surface area contributed by atoms with Crippen molar-refractivity contribution in [2.24, 2.45) is 0 Å². The second-order valence-electron chi connectivity index (χ2n) is 5.17. The smallest absolute Gasteiger partial charge is 0.226 e. The molecule has 0 atom stereocenters. The summed E-state index contributed by atoms with van der Waals surface area (Å²) in [5.74, 6) is -0.241. The van der Waals surface area contributed by atoms with Gasteiger partial charge in [-0.1, -0.05) is 12.1 Å². The van der Waals surface area contributed by atoms with E-state index in [1.165, 1.54) is 25.0 Å². The van der Waals surface area contributed by atoms with Gasteiger partial charge in [-0.3, -0.25) is 4.79 Å². The maximum Gasteiger partial charge on any atom is 0.226 e. The molecule has 1 aliphatic heterocycles. The third kappa shape index (κ3) is 4.31. The summed E-state index contributed by atoms with van der Waals surface area (Å²) in [4.78, 5) is 16.1. The monoisotopic (exact) mass is 264 g/mol. The first kappa shape index (κ1) is 14.0. The van der Waals surface area contributed by atoms with Crippen molar-refractivity contribution in [1.29, 1.82) is 0 Å². The van der Waals surface area contributed by atoms with Gasteiger partial charge in [0.15, 0.2) is 0 Å². The van der Waals surface area contributed by atoms with E-state index in [-0.39, 0.29) is 18.1 Å². The Balaban J connectivity index is 1.78. The minimum Gasteiger partial charge on any atom is -0.344 e. The highest BCUT2D eigenvalue weighted by Gasteiger charge is 2.14. The van der Waals surface area contributed by atoms with E-state index in [1.807, 2.05) is 7.05 Å². The lowest BCUT2D eigenvalue weighted by Crippen LogP contribution is -2.36. The van der Waals surface area contributed by atoms with Crippen molar-refractivity contribution >= 4 is 5.91 Å². The number of hydrogen-bond acceptors (Lipinski definition) is 2. The highest BCUT2D eigenvalue weighted by molar-refractivity contribution is 5.78. The Morgan fingerprint density at radius 2 is 2.11 bits per heavy atom. The molecular weight excluding hydrogens is 243 g/mol. The maximum absolute atomic E-state index is 13.0. The van der Waals surface area contributed by atoms with Crippen LogP contribution < -0.4 is 0 Å². The van der Waals surface area contributed by atoms with Gasteiger partial charge in [-0.05, 0) is 43.6 Å². The van der Waals surface area contributed by atoms with Crippen LogP contribution in [0.1, 0.15) is 18.4 Å². The Morgan fingerprint density at radius 3 is 2.79 bits per heavy atom. The summed E-state index contributed by atoms with van der Waals surface area (Å²) < 4.78 is 13.0. The molecule has 1 heterocycles. The van der Waals surface area contributed by atoms with E-state index in [0.717, 1.165) is 31.7 Å². The lowest BCUT2D eigenvalue weighted by Gasteiger charge is -2.21. The molecule has 1 amide bonds. The van der Waals surface area contributed by atoms with Gasteiger partial charge < -0.3 is 9.80 Å². The largest absolute Gasteiger partial charge is 0.344 e. The van der Waals surface area contributed by atoms with Crippen LogP contribution in [0.4, 0.5) is 4.39 Å². The van der Waals surface area contributed by atoms with Crippen LogP contribution >= 0.6 is 0 Å². The minimum absolute atomic E-state index is 0.0461. The number of hydrogen-bond donors (Lipinski definition) is 0. The van der Waals surface area contributed by atoms with Crippen LogP contribution in [0.15, 0.2) is 24.3 Å². The van der Waals surface area contributed by atoms with E-state index in [2.05, 4.69) is 4.90 Å². The summed E-state index contributed by atoms with van der Waals surface area (Å²) in [6.45, 7) is 3.97. The first-order valence-electron chi connectivity index (χ1n) is 6.86. The molecule has 104 valence electrons. The topological polar surface area (TPSA) is 23.6 Å². The highest BCUT2D eigenvalue weighted by Crippen LogP contribution is 2.08. The number of halogens is 1. The van der Waals surface area contributed by atoms with Gasteiger partial charge in [0.25, 0.3) is 0 Å². The van der Waals surface area contributed by atoms with Crippen molar-refractivity contribution in [2.75, 3.05) is 33.2 Å². The van der Waals surface area contributed by atoms with Gasteiger partial charge in [0, 0.05) is 20.1 Å². The molecular formula is C15H21FN2O. The second-order valence-corrected chi connectivity index (χ2v) is 5.17. The number of carbonyl (C=O) groups is 1. The van der Waals surface area contributed by atoms with Crippen molar-refractivity contribution in [2.45, 2.75) is 19.3 Å². The lowest BCUT2D eigenvalue weighted by molar-refractivity contribution is -0.129. The fourth-order valence-corrected chi connectivity index (χ4v) is 2.38. The number of nitrogens with zero attached hydrogens (tertiary/aromatic N) is 2. The highest BCUT2D eigenvalue weighted by atomic mass is 19.1. The van der Waals surface area contributed by atoms with Gasteiger partial charge in [0.1, 0.15) is 5.82 Å². The molecule has 0 bridgehead atoms. The molecule has 1 aliphatic rings. The van der Waals surface area contributed by atoms with Gasteiger partial charge in [-0.2, -0.15) is 0 Å². The zero-order valence-electron chi connectivity index (χ0n) is 11.4. The summed E-state index contributed by atoms with van der Waals surface area (Å²) in [6.07, 6.45) is 2.80. The number of carbonyl (C=O) groups excluding carboxylic acids is 1. The van der Waals surface area contributed by atoms with Crippen molar-refractivity contribution in [3.05, 3.63) is 35.6 Å². The number of likely N-dealkylation sites (tertiary alicyclic amines) is 1. The second kappa shape index (κ2) is 6.66. The predicted molar refractivity (Wildman–Crippen MR) is 73.4 cm³/mol. The van der Waals surface area contributed by atoms with E-state index < -0.39 is 0 Å². The third-order valence-electron chi connectivity index (χ3n) is 3.62. The zero-order valence-corrected chi connectivity index (χ0v) is 11.4. The van der Waals surface area contributed by atoms with Gasteiger partial charge in [0.2, 0.25) is 5.91 Å². The zero-order chi connectivity index (χ0) is 13.7. The summed E-state index contributed by atoms with van der Waals surface area (Å²) in [5, 5.41) is 0. The molecule has 0 saturated carbocycles. The van der Waals surface area contributed by atoms with E-state index in [0.29, 0.717) is 0 Å². The van der Waals surface area contributed by atoms with Gasteiger partial charge in [0.05, 0.1) is 6.42 Å². The van der Waals surface area contributed by atoms with E-state index in [9.17, 15) is 9.18 Å². The van der Waals surface area contributed by atoms with Gasteiger partial charge in [-0.25, -0.2) is 4.39 Å². The quantitative estimate of drug-likeness (QED) is 0.811. The van der Waals surface area contributed by atoms with Crippen LogP contribution in [0.5, 0.6) is 0 Å². The molecule has 0 aliphatic carbocycles. The van der Waals surface area contributed by atoms with Crippen molar-refractivity contribution in [3.8, 4) is 0 Å².